The van der Waals surface area contributed by atoms with Crippen LogP contribution in [-0.4, -0.2) is 52.7 Å². The van der Waals surface area contributed by atoms with Crippen LogP contribution >= 0.6 is 0 Å². The maximum atomic E-state index is 11.9. The van der Waals surface area contributed by atoms with E-state index in [2.05, 4.69) is 20.7 Å². The Morgan fingerprint density at radius 1 is 1.42 bits per heavy atom. The molecule has 3 heterocycles. The maximum Gasteiger partial charge on any atom is 0.269 e. The number of amides is 1. The lowest BCUT2D eigenvalue weighted by Gasteiger charge is -2.30. The number of primary amides is 1. The Kier molecular flexibility index (Phi) is 4.83. The molecule has 0 bridgehead atoms. The largest absolute Gasteiger partial charge is 0.378 e. The molecule has 11 heteroatoms. The Labute approximate surface area is 150 Å². The highest BCUT2D eigenvalue weighted by Gasteiger charge is 2.31. The summed E-state index contributed by atoms with van der Waals surface area (Å²) in [5, 5.41) is 10.3. The first-order valence-electron chi connectivity index (χ1n) is 8.02. The Hall–Kier alpha value is -2.66. The van der Waals surface area contributed by atoms with Gasteiger partial charge in [-0.05, 0) is 12.5 Å². The molecule has 0 aliphatic carbocycles. The first-order valence-corrected chi connectivity index (χ1v) is 9.85. The summed E-state index contributed by atoms with van der Waals surface area (Å²) in [6.07, 6.45) is 3.57. The number of aromatic nitrogens is 3. The summed E-state index contributed by atoms with van der Waals surface area (Å²) in [6, 6.07) is 2.64. The summed E-state index contributed by atoms with van der Waals surface area (Å²) in [5.74, 6) is -0.121. The minimum atomic E-state index is -3.13. The Bertz CT molecular complexity index is 925. The molecule has 6 N–H and O–H groups in total. The van der Waals surface area contributed by atoms with E-state index in [1.165, 1.54) is 6.20 Å². The smallest absolute Gasteiger partial charge is 0.269 e. The van der Waals surface area contributed by atoms with Gasteiger partial charge in [0.05, 0.1) is 35.1 Å². The normalized spacial score (nSPS) is 21.9. The topological polar surface area (TPSA) is 158 Å². The molecule has 140 valence electrons. The standard InChI is InChI=1S/C15H21N7O3S/c1-22-4-2-13(21-22)20-11-6-9(7-18-14(11)15(17)23)19-12-8-26(24,25)5-3-10(12)16/h2,4,6-7,10,12,19H,3,5,8,16H2,1H3,(H2,17,23)(H,20,21)/t10-,12+/m0/s1. The fourth-order valence-electron chi connectivity index (χ4n) is 2.82. The van der Waals surface area contributed by atoms with Crippen LogP contribution in [0.5, 0.6) is 0 Å². The summed E-state index contributed by atoms with van der Waals surface area (Å²) >= 11 is 0. The van der Waals surface area contributed by atoms with E-state index in [0.717, 1.165) is 0 Å². The monoisotopic (exact) mass is 379 g/mol. The number of pyridine rings is 1. The number of rotatable bonds is 5. The van der Waals surface area contributed by atoms with Crippen LogP contribution in [0.2, 0.25) is 0 Å². The second-order valence-electron chi connectivity index (χ2n) is 6.30. The second-order valence-corrected chi connectivity index (χ2v) is 8.53. The van der Waals surface area contributed by atoms with Gasteiger partial charge in [0, 0.05) is 25.4 Å². The third-order valence-electron chi connectivity index (χ3n) is 4.16. The lowest BCUT2D eigenvalue weighted by molar-refractivity contribution is 0.0996. The molecule has 2 aromatic rings. The number of anilines is 3. The van der Waals surface area contributed by atoms with Gasteiger partial charge in [-0.2, -0.15) is 5.10 Å². The third kappa shape index (κ3) is 4.11. The zero-order chi connectivity index (χ0) is 18.9. The highest BCUT2D eigenvalue weighted by atomic mass is 32.2. The summed E-state index contributed by atoms with van der Waals surface area (Å²) < 4.78 is 25.3. The molecule has 10 nitrogen and oxygen atoms in total. The average Bonchev–Trinajstić information content (AvgIpc) is 2.96. The predicted molar refractivity (Wildman–Crippen MR) is 97.9 cm³/mol. The zero-order valence-electron chi connectivity index (χ0n) is 14.2. The second kappa shape index (κ2) is 6.92. The summed E-state index contributed by atoms with van der Waals surface area (Å²) in [7, 11) is -1.36. The number of nitrogens with zero attached hydrogens (tertiary/aromatic N) is 3. The summed E-state index contributed by atoms with van der Waals surface area (Å²) in [6.45, 7) is 0. The highest BCUT2D eigenvalue weighted by Crippen LogP contribution is 2.24. The van der Waals surface area contributed by atoms with Crippen molar-refractivity contribution in [3.63, 3.8) is 0 Å². The first-order chi connectivity index (χ1) is 12.2. The Morgan fingerprint density at radius 3 is 2.85 bits per heavy atom. The molecule has 1 aliphatic rings. The number of sulfone groups is 1. The number of carbonyl (C=O) groups is 1. The van der Waals surface area contributed by atoms with Crippen molar-refractivity contribution >= 4 is 32.9 Å². The van der Waals surface area contributed by atoms with E-state index in [4.69, 9.17) is 11.5 Å². The third-order valence-corrected chi connectivity index (χ3v) is 5.89. The van der Waals surface area contributed by atoms with E-state index < -0.39 is 21.8 Å². The van der Waals surface area contributed by atoms with Gasteiger partial charge in [0.2, 0.25) is 0 Å². The number of nitrogens with two attached hydrogens (primary N) is 2. The van der Waals surface area contributed by atoms with Crippen LogP contribution in [0, 0.1) is 0 Å². The SMILES string of the molecule is Cn1ccc(Nc2cc(N[C@@H]3CS(=O)(=O)CC[C@@H]3N)cnc2C(N)=O)n1. The van der Waals surface area contributed by atoms with Crippen molar-refractivity contribution in [1.29, 1.82) is 0 Å². The summed E-state index contributed by atoms with van der Waals surface area (Å²) in [5.41, 5.74) is 12.4. The van der Waals surface area contributed by atoms with Gasteiger partial charge in [0.1, 0.15) is 0 Å². The average molecular weight is 379 g/mol. The van der Waals surface area contributed by atoms with Crippen LogP contribution in [0.25, 0.3) is 0 Å². The van der Waals surface area contributed by atoms with Crippen LogP contribution in [0.3, 0.4) is 0 Å². The molecule has 1 aliphatic heterocycles. The van der Waals surface area contributed by atoms with E-state index in [9.17, 15) is 13.2 Å². The van der Waals surface area contributed by atoms with Crippen LogP contribution in [0.1, 0.15) is 16.9 Å². The molecular formula is C15H21N7O3S. The van der Waals surface area contributed by atoms with Crippen molar-refractivity contribution in [3.8, 4) is 0 Å². The molecule has 1 amide bonds. The quantitative estimate of drug-likeness (QED) is 0.545. The van der Waals surface area contributed by atoms with E-state index >= 15 is 0 Å². The van der Waals surface area contributed by atoms with Gasteiger partial charge in [0.15, 0.2) is 21.3 Å². The molecular weight excluding hydrogens is 358 g/mol. The van der Waals surface area contributed by atoms with Crippen molar-refractivity contribution in [3.05, 3.63) is 30.2 Å². The van der Waals surface area contributed by atoms with E-state index in [1.54, 1.807) is 30.1 Å². The van der Waals surface area contributed by atoms with Gasteiger partial charge in [-0.1, -0.05) is 0 Å². The molecule has 3 rings (SSSR count). The lowest BCUT2D eigenvalue weighted by atomic mass is 10.1. The van der Waals surface area contributed by atoms with E-state index in [1.807, 2.05) is 0 Å². The van der Waals surface area contributed by atoms with E-state index in [-0.39, 0.29) is 23.2 Å². The maximum absolute atomic E-state index is 11.9. The molecule has 0 unspecified atom stereocenters. The van der Waals surface area contributed by atoms with Crippen molar-refractivity contribution in [2.24, 2.45) is 18.5 Å². The number of hydrogen-bond acceptors (Lipinski definition) is 8. The molecule has 0 spiro atoms. The molecule has 0 saturated carbocycles. The number of nitrogens with one attached hydrogen (secondary N) is 2. The zero-order valence-corrected chi connectivity index (χ0v) is 15.0. The Balaban J connectivity index is 1.86. The molecule has 2 atom stereocenters. The molecule has 0 aromatic carbocycles. The van der Waals surface area contributed by atoms with Gasteiger partial charge in [-0.3, -0.25) is 9.48 Å². The molecule has 1 fully saturated rings. The van der Waals surface area contributed by atoms with Gasteiger partial charge >= 0.3 is 0 Å². The van der Waals surface area contributed by atoms with Crippen molar-refractivity contribution in [2.45, 2.75) is 18.5 Å². The number of hydrogen-bond donors (Lipinski definition) is 4. The Morgan fingerprint density at radius 2 is 2.19 bits per heavy atom. The first kappa shape index (κ1) is 18.1. The van der Waals surface area contributed by atoms with Crippen molar-refractivity contribution in [2.75, 3.05) is 22.1 Å². The number of aryl methyl sites for hydroxylation is 1. The van der Waals surface area contributed by atoms with Crippen LogP contribution < -0.4 is 22.1 Å². The lowest BCUT2D eigenvalue weighted by Crippen LogP contribution is -2.50. The van der Waals surface area contributed by atoms with Crippen LogP contribution in [-0.2, 0) is 16.9 Å². The van der Waals surface area contributed by atoms with Gasteiger partial charge in [-0.15, -0.1) is 0 Å². The van der Waals surface area contributed by atoms with Gasteiger partial charge < -0.3 is 22.1 Å². The minimum absolute atomic E-state index is 0.0469. The van der Waals surface area contributed by atoms with Gasteiger partial charge in [0.25, 0.3) is 5.91 Å². The van der Waals surface area contributed by atoms with Crippen molar-refractivity contribution < 1.29 is 13.2 Å². The molecule has 2 aromatic heterocycles. The predicted octanol–water partition coefficient (Wildman–Crippen LogP) is -0.416. The molecule has 0 radical (unpaired) electrons. The van der Waals surface area contributed by atoms with E-state index in [0.29, 0.717) is 23.6 Å². The fraction of sp³-hybridized carbons (Fsp3) is 0.400. The van der Waals surface area contributed by atoms with Crippen LogP contribution in [0.15, 0.2) is 24.5 Å². The highest BCUT2D eigenvalue weighted by molar-refractivity contribution is 7.91. The molecule has 1 saturated heterocycles. The number of carbonyl (C=O) groups excluding carboxylic acids is 1. The minimum Gasteiger partial charge on any atom is -0.378 e. The van der Waals surface area contributed by atoms with Crippen molar-refractivity contribution in [1.82, 2.24) is 14.8 Å². The summed E-state index contributed by atoms with van der Waals surface area (Å²) in [4.78, 5) is 15.7. The van der Waals surface area contributed by atoms with Crippen LogP contribution in [0.4, 0.5) is 17.2 Å². The fourth-order valence-corrected chi connectivity index (χ4v) is 4.49. The van der Waals surface area contributed by atoms with Gasteiger partial charge in [-0.25, -0.2) is 13.4 Å². The molecule has 26 heavy (non-hydrogen) atoms.